The number of imide groups is 1. The molecule has 4 aliphatic heterocycles. The van der Waals surface area contributed by atoms with Crippen molar-refractivity contribution in [3.8, 4) is 17.0 Å². The summed E-state index contributed by atoms with van der Waals surface area (Å²) in [7, 11) is 0. The van der Waals surface area contributed by atoms with Crippen molar-refractivity contribution < 1.29 is 28.6 Å². The van der Waals surface area contributed by atoms with Crippen molar-refractivity contribution in [3.63, 3.8) is 0 Å². The molecule has 3 aromatic heterocycles. The number of anilines is 3. The van der Waals surface area contributed by atoms with E-state index in [1.54, 1.807) is 24.4 Å². The van der Waals surface area contributed by atoms with Crippen LogP contribution in [0, 0.1) is 5.92 Å². The van der Waals surface area contributed by atoms with Crippen LogP contribution < -0.4 is 20.9 Å². The van der Waals surface area contributed by atoms with Crippen LogP contribution in [0.3, 0.4) is 0 Å². The Morgan fingerprint density at radius 3 is 2.53 bits per heavy atom. The van der Waals surface area contributed by atoms with Crippen molar-refractivity contribution >= 4 is 46.1 Å². The number of ether oxygens (including phenoxy) is 1. The molecule has 0 unspecified atom stereocenters. The number of benzene rings is 2. The van der Waals surface area contributed by atoms with E-state index in [9.17, 15) is 19.5 Å². The van der Waals surface area contributed by atoms with Crippen molar-refractivity contribution in [2.75, 3.05) is 68.0 Å². The number of rotatable bonds is 9. The summed E-state index contributed by atoms with van der Waals surface area (Å²) in [5.74, 6) is 0.509. The van der Waals surface area contributed by atoms with E-state index in [4.69, 9.17) is 15.5 Å². The normalized spacial score (nSPS) is 22.9. The van der Waals surface area contributed by atoms with Gasteiger partial charge in [-0.15, -0.1) is 10.2 Å². The Balaban J connectivity index is 0.777. The summed E-state index contributed by atoms with van der Waals surface area (Å²) in [6.45, 7) is 8.62. The van der Waals surface area contributed by atoms with Crippen molar-refractivity contribution in [2.45, 2.75) is 70.3 Å². The first-order valence-electron chi connectivity index (χ1n) is 21.7. The number of alkyl halides is 1. The van der Waals surface area contributed by atoms with Gasteiger partial charge >= 0.3 is 6.03 Å². The number of nitrogens with two attached hydrogens (primary N) is 1. The van der Waals surface area contributed by atoms with Gasteiger partial charge in [-0.2, -0.15) is 0 Å². The van der Waals surface area contributed by atoms with E-state index in [0.717, 1.165) is 54.6 Å². The molecule has 5 aromatic rings. The Hall–Kier alpha value is -6.13. The number of hydrogen-bond donors (Lipinski definition) is 3. The van der Waals surface area contributed by atoms with Gasteiger partial charge in [-0.25, -0.2) is 14.2 Å². The van der Waals surface area contributed by atoms with Crippen LogP contribution in [-0.4, -0.2) is 117 Å². The minimum atomic E-state index is -1.08. The Bertz CT molecular complexity index is 2470. The van der Waals surface area contributed by atoms with Gasteiger partial charge in [0, 0.05) is 81.0 Å². The number of aromatic hydroxyl groups is 1. The average Bonchev–Trinajstić information content (AvgIpc) is 3.65. The first-order valence-corrected chi connectivity index (χ1v) is 21.7. The quantitative estimate of drug-likeness (QED) is 0.161. The van der Waals surface area contributed by atoms with Crippen LogP contribution in [0.25, 0.3) is 22.3 Å². The fourth-order valence-corrected chi connectivity index (χ4v) is 9.56. The maximum atomic E-state index is 16.1. The number of halogens is 1. The summed E-state index contributed by atoms with van der Waals surface area (Å²) in [6, 6.07) is 17.7. The van der Waals surface area contributed by atoms with Gasteiger partial charge in [0.2, 0.25) is 5.91 Å². The van der Waals surface area contributed by atoms with Gasteiger partial charge < -0.3 is 34.8 Å². The van der Waals surface area contributed by atoms with E-state index >= 15 is 4.39 Å². The molecule has 62 heavy (non-hydrogen) atoms. The second-order valence-corrected chi connectivity index (χ2v) is 17.1. The van der Waals surface area contributed by atoms with Crippen LogP contribution in [0.5, 0.6) is 5.75 Å². The summed E-state index contributed by atoms with van der Waals surface area (Å²) in [4.78, 5) is 50.4. The molecule has 16 heteroatoms. The van der Waals surface area contributed by atoms with E-state index in [1.807, 2.05) is 58.1 Å². The second kappa shape index (κ2) is 17.3. The number of para-hydroxylation sites is 1. The predicted molar refractivity (Wildman–Crippen MR) is 234 cm³/mol. The first kappa shape index (κ1) is 41.2. The van der Waals surface area contributed by atoms with E-state index in [1.165, 1.54) is 4.90 Å². The maximum absolute atomic E-state index is 16.1. The number of nitrogen functional groups attached to an aromatic ring is 1. The third-order valence-corrected chi connectivity index (χ3v) is 13.1. The van der Waals surface area contributed by atoms with Crippen LogP contribution >= 0.6 is 0 Å². The van der Waals surface area contributed by atoms with Gasteiger partial charge in [-0.05, 0) is 86.1 Å². The number of aromatic nitrogens is 4. The molecule has 15 nitrogen and oxygen atoms in total. The lowest BCUT2D eigenvalue weighted by molar-refractivity contribution is -0.120. The number of nitrogens with zero attached hydrogens (tertiary/aromatic N) is 8. The highest BCUT2D eigenvalue weighted by Crippen LogP contribution is 2.37. The lowest BCUT2D eigenvalue weighted by atomic mass is 9.93. The fourth-order valence-electron chi connectivity index (χ4n) is 9.56. The Kier molecular flexibility index (Phi) is 11.5. The number of pyridine rings is 1. The highest BCUT2D eigenvalue weighted by atomic mass is 19.1. The molecule has 2 aromatic carbocycles. The summed E-state index contributed by atoms with van der Waals surface area (Å²) < 4.78 is 24.3. The van der Waals surface area contributed by atoms with Gasteiger partial charge in [-0.1, -0.05) is 31.2 Å². The fraction of sp³-hybridized carbons (Fsp3) is 0.435. The van der Waals surface area contributed by atoms with Gasteiger partial charge in [0.05, 0.1) is 35.9 Å². The molecular formula is C46H53FN10O5. The molecule has 0 saturated carbocycles. The largest absolute Gasteiger partial charge is 0.507 e. The predicted octanol–water partition coefficient (Wildman–Crippen LogP) is 5.89. The lowest BCUT2D eigenvalue weighted by Gasteiger charge is -2.40. The SMILES string of the molecule is CCc1cn([C@@H]2CCN(CC3CCN(C(=O)c4ccc([C@@H]5CN(c6cc(-c7ccccc7O)nnc6N)[C@H](C)CO5)cc4)CC3)C[C@@H]2F)c2ncc(N3CCC(=O)NC3=O)cc12. The van der Waals surface area contributed by atoms with Crippen molar-refractivity contribution in [1.82, 2.24) is 34.9 Å². The molecule has 4 atom stereocenters. The molecule has 324 valence electrons. The first-order chi connectivity index (χ1) is 30.0. The number of urea groups is 1. The number of aryl methyl sites for hydroxylation is 1. The molecule has 7 heterocycles. The summed E-state index contributed by atoms with van der Waals surface area (Å²) in [5.41, 5.74) is 12.1. The summed E-state index contributed by atoms with van der Waals surface area (Å²) >= 11 is 0. The van der Waals surface area contributed by atoms with Crippen molar-refractivity contribution in [3.05, 3.63) is 89.7 Å². The van der Waals surface area contributed by atoms with Crippen LogP contribution in [0.4, 0.5) is 26.4 Å². The zero-order valence-corrected chi connectivity index (χ0v) is 35.1. The second-order valence-electron chi connectivity index (χ2n) is 17.1. The number of carbonyl (C=O) groups is 3. The van der Waals surface area contributed by atoms with E-state index < -0.39 is 12.2 Å². The lowest BCUT2D eigenvalue weighted by Crippen LogP contribution is -2.49. The standard InChI is InChI=1S/C46H53FN10O5/c1-3-30-24-57(44-35(30)20-33(22-49-44)55-19-15-42(59)50-46(55)61)38-14-16-53(25-36(38)47)23-29-12-17-54(18-13-29)45(60)32-10-8-31(9-11-32)41-26-56(28(2)27-62-41)39-21-37(51-52-43(39)48)34-6-4-5-7-40(34)58/h4-11,20-22,24,28-29,36,38,41,58H,3,12-19,23,25-27H2,1-2H3,(H2,48,52)(H,50,59,61)/t28-,36+,38-,41+/m1/s1. The number of morpholine rings is 1. The van der Waals surface area contributed by atoms with Crippen LogP contribution in [0.2, 0.25) is 0 Å². The molecule has 9 rings (SSSR count). The molecular weight excluding hydrogens is 792 g/mol. The number of fused-ring (bicyclic) bond motifs is 1. The van der Waals surface area contributed by atoms with Crippen LogP contribution in [0.1, 0.15) is 73.2 Å². The third kappa shape index (κ3) is 8.16. The van der Waals surface area contributed by atoms with Crippen molar-refractivity contribution in [1.29, 1.82) is 0 Å². The minimum Gasteiger partial charge on any atom is -0.507 e. The third-order valence-electron chi connectivity index (χ3n) is 13.1. The maximum Gasteiger partial charge on any atom is 0.328 e. The van der Waals surface area contributed by atoms with E-state index in [-0.39, 0.29) is 42.2 Å². The molecule has 0 spiro atoms. The highest BCUT2D eigenvalue weighted by molar-refractivity contribution is 6.06. The molecule has 4 saturated heterocycles. The molecule has 0 bridgehead atoms. The summed E-state index contributed by atoms with van der Waals surface area (Å²) in [5, 5.41) is 22.1. The van der Waals surface area contributed by atoms with Crippen LogP contribution in [-0.2, 0) is 16.0 Å². The number of amides is 4. The van der Waals surface area contributed by atoms with E-state index in [2.05, 4.69) is 39.2 Å². The van der Waals surface area contributed by atoms with Gasteiger partial charge in [0.1, 0.15) is 23.7 Å². The van der Waals surface area contributed by atoms with E-state index in [0.29, 0.717) is 85.6 Å². The zero-order valence-electron chi connectivity index (χ0n) is 35.1. The molecule has 0 radical (unpaired) electrons. The number of phenolic OH excluding ortho intramolecular Hbond substituents is 1. The average molecular weight is 845 g/mol. The number of piperidine rings is 2. The van der Waals surface area contributed by atoms with Crippen LogP contribution in [0.15, 0.2) is 73.1 Å². The summed E-state index contributed by atoms with van der Waals surface area (Å²) in [6.07, 6.45) is 5.66. The molecule has 4 amide bonds. The number of phenols is 1. The van der Waals surface area contributed by atoms with Gasteiger partial charge in [-0.3, -0.25) is 19.8 Å². The number of likely N-dealkylation sites (tertiary alicyclic amines) is 2. The zero-order chi connectivity index (χ0) is 43.1. The molecule has 0 aliphatic carbocycles. The Morgan fingerprint density at radius 1 is 1.00 bits per heavy atom. The number of carbonyl (C=O) groups excluding carboxylic acids is 3. The number of nitrogens with one attached hydrogen (secondary N) is 1. The molecule has 4 aliphatic rings. The molecule has 4 N–H and O–H groups in total. The Morgan fingerprint density at radius 2 is 1.79 bits per heavy atom. The monoisotopic (exact) mass is 844 g/mol. The molecule has 4 fully saturated rings. The Labute approximate surface area is 359 Å². The van der Waals surface area contributed by atoms with Crippen molar-refractivity contribution in [2.24, 2.45) is 5.92 Å². The number of hydrogen-bond acceptors (Lipinski definition) is 11. The minimum absolute atomic E-state index is 0.00667. The van der Waals surface area contributed by atoms with Gasteiger partial charge in [0.25, 0.3) is 5.91 Å². The van der Waals surface area contributed by atoms with Gasteiger partial charge in [0.15, 0.2) is 5.82 Å². The topological polar surface area (TPSA) is 175 Å². The highest BCUT2D eigenvalue weighted by Gasteiger charge is 2.35. The smallest absolute Gasteiger partial charge is 0.328 e.